The molecule has 0 bridgehead atoms. The van der Waals surface area contributed by atoms with Crippen LogP contribution < -0.4 is 10.6 Å². The normalized spacial score (nSPS) is 11.8. The van der Waals surface area contributed by atoms with Gasteiger partial charge in [0.15, 0.2) is 5.96 Å². The van der Waals surface area contributed by atoms with Crippen molar-refractivity contribution < 1.29 is 4.39 Å². The molecule has 0 aromatic heterocycles. The summed E-state index contributed by atoms with van der Waals surface area (Å²) in [6.07, 6.45) is 3.12. The standard InChI is InChI=1S/C16H26FN3/c1-4-13(5-2)12-20-16(18-3)19-10-9-14-7-6-8-15(17)11-14/h6-8,11,13H,4-5,9-10,12H2,1-3H3,(H2,18,19,20). The van der Waals surface area contributed by atoms with Crippen LogP contribution in [0, 0.1) is 11.7 Å². The molecule has 0 saturated carbocycles. The molecule has 0 aliphatic carbocycles. The summed E-state index contributed by atoms with van der Waals surface area (Å²) in [7, 11) is 1.77. The quantitative estimate of drug-likeness (QED) is 0.594. The summed E-state index contributed by atoms with van der Waals surface area (Å²) in [4.78, 5) is 4.20. The number of hydrogen-bond donors (Lipinski definition) is 2. The van der Waals surface area contributed by atoms with Gasteiger partial charge in [-0.2, -0.15) is 0 Å². The average molecular weight is 279 g/mol. The van der Waals surface area contributed by atoms with Gasteiger partial charge in [0.1, 0.15) is 5.82 Å². The van der Waals surface area contributed by atoms with Crippen LogP contribution >= 0.6 is 0 Å². The summed E-state index contributed by atoms with van der Waals surface area (Å²) in [5.74, 6) is 1.31. The Kier molecular flexibility index (Phi) is 7.70. The highest BCUT2D eigenvalue weighted by Gasteiger charge is 2.04. The molecule has 0 amide bonds. The maximum absolute atomic E-state index is 13.1. The van der Waals surface area contributed by atoms with E-state index in [0.717, 1.165) is 31.0 Å². The second kappa shape index (κ2) is 9.34. The van der Waals surface area contributed by atoms with Gasteiger partial charge in [-0.3, -0.25) is 4.99 Å². The van der Waals surface area contributed by atoms with Gasteiger partial charge >= 0.3 is 0 Å². The van der Waals surface area contributed by atoms with Gasteiger partial charge in [-0.05, 0) is 30.0 Å². The second-order valence-electron chi connectivity index (χ2n) is 4.94. The minimum Gasteiger partial charge on any atom is -0.356 e. The first-order chi connectivity index (χ1) is 9.69. The maximum atomic E-state index is 13.1. The molecule has 0 radical (unpaired) electrons. The summed E-state index contributed by atoms with van der Waals surface area (Å²) >= 11 is 0. The largest absolute Gasteiger partial charge is 0.356 e. The molecule has 112 valence electrons. The van der Waals surface area contributed by atoms with Crippen molar-refractivity contribution in [2.45, 2.75) is 33.1 Å². The molecular formula is C16H26FN3. The zero-order valence-corrected chi connectivity index (χ0v) is 12.7. The Balaban J connectivity index is 2.31. The van der Waals surface area contributed by atoms with Crippen LogP contribution in [0.15, 0.2) is 29.3 Å². The minimum absolute atomic E-state index is 0.182. The molecule has 0 aliphatic rings. The van der Waals surface area contributed by atoms with E-state index in [0.29, 0.717) is 5.92 Å². The van der Waals surface area contributed by atoms with Crippen molar-refractivity contribution in [2.75, 3.05) is 20.1 Å². The van der Waals surface area contributed by atoms with Gasteiger partial charge in [-0.1, -0.05) is 38.8 Å². The SMILES string of the molecule is CCC(CC)CNC(=NC)NCCc1cccc(F)c1. The third-order valence-corrected chi connectivity index (χ3v) is 3.53. The monoisotopic (exact) mass is 279 g/mol. The Morgan fingerprint density at radius 3 is 2.60 bits per heavy atom. The summed E-state index contributed by atoms with van der Waals surface area (Å²) in [6, 6.07) is 6.71. The van der Waals surface area contributed by atoms with E-state index in [2.05, 4.69) is 29.5 Å². The number of hydrogen-bond acceptors (Lipinski definition) is 1. The van der Waals surface area contributed by atoms with Crippen LogP contribution in [0.2, 0.25) is 0 Å². The number of rotatable bonds is 7. The molecule has 0 spiro atoms. The molecule has 20 heavy (non-hydrogen) atoms. The topological polar surface area (TPSA) is 36.4 Å². The molecule has 2 N–H and O–H groups in total. The number of guanidine groups is 1. The first-order valence-electron chi connectivity index (χ1n) is 7.38. The van der Waals surface area contributed by atoms with Crippen molar-refractivity contribution in [1.29, 1.82) is 0 Å². The van der Waals surface area contributed by atoms with E-state index >= 15 is 0 Å². The fraction of sp³-hybridized carbons (Fsp3) is 0.562. The molecule has 0 atom stereocenters. The van der Waals surface area contributed by atoms with Crippen LogP contribution in [0.1, 0.15) is 32.3 Å². The summed E-state index contributed by atoms with van der Waals surface area (Å²) in [5, 5.41) is 6.59. The zero-order chi connectivity index (χ0) is 14.8. The second-order valence-corrected chi connectivity index (χ2v) is 4.94. The van der Waals surface area contributed by atoms with Gasteiger partial charge in [0.25, 0.3) is 0 Å². The lowest BCUT2D eigenvalue weighted by Crippen LogP contribution is -2.40. The smallest absolute Gasteiger partial charge is 0.190 e. The van der Waals surface area contributed by atoms with E-state index in [1.165, 1.54) is 18.9 Å². The molecular weight excluding hydrogens is 253 g/mol. The Morgan fingerprint density at radius 1 is 1.25 bits per heavy atom. The van der Waals surface area contributed by atoms with Gasteiger partial charge in [0.2, 0.25) is 0 Å². The average Bonchev–Trinajstić information content (AvgIpc) is 2.46. The van der Waals surface area contributed by atoms with Gasteiger partial charge in [0.05, 0.1) is 0 Å². The number of halogens is 1. The Labute approximate surface area is 121 Å². The lowest BCUT2D eigenvalue weighted by atomic mass is 10.0. The minimum atomic E-state index is -0.182. The summed E-state index contributed by atoms with van der Waals surface area (Å²) < 4.78 is 13.1. The van der Waals surface area contributed by atoms with Crippen molar-refractivity contribution in [2.24, 2.45) is 10.9 Å². The summed E-state index contributed by atoms with van der Waals surface area (Å²) in [5.41, 5.74) is 0.993. The lowest BCUT2D eigenvalue weighted by molar-refractivity contribution is 0.481. The van der Waals surface area contributed by atoms with Crippen LogP contribution in [0.5, 0.6) is 0 Å². The fourth-order valence-electron chi connectivity index (χ4n) is 2.06. The molecule has 1 aromatic rings. The fourth-order valence-corrected chi connectivity index (χ4v) is 2.06. The Morgan fingerprint density at radius 2 is 2.00 bits per heavy atom. The number of nitrogens with one attached hydrogen (secondary N) is 2. The van der Waals surface area contributed by atoms with Crippen molar-refractivity contribution in [3.05, 3.63) is 35.6 Å². The van der Waals surface area contributed by atoms with Crippen molar-refractivity contribution in [3.8, 4) is 0 Å². The number of nitrogens with zero attached hydrogens (tertiary/aromatic N) is 1. The van der Waals surface area contributed by atoms with E-state index in [-0.39, 0.29) is 5.82 Å². The zero-order valence-electron chi connectivity index (χ0n) is 12.7. The molecule has 0 saturated heterocycles. The van der Waals surface area contributed by atoms with Crippen LogP contribution in [0.3, 0.4) is 0 Å². The van der Waals surface area contributed by atoms with E-state index in [1.807, 2.05) is 6.07 Å². The molecule has 0 heterocycles. The number of benzene rings is 1. The first-order valence-corrected chi connectivity index (χ1v) is 7.38. The Bertz CT molecular complexity index is 414. The third-order valence-electron chi connectivity index (χ3n) is 3.53. The molecule has 1 rings (SSSR count). The lowest BCUT2D eigenvalue weighted by Gasteiger charge is -2.16. The molecule has 0 fully saturated rings. The van der Waals surface area contributed by atoms with E-state index in [4.69, 9.17) is 0 Å². The predicted octanol–water partition coefficient (Wildman–Crippen LogP) is 2.97. The predicted molar refractivity (Wildman–Crippen MR) is 83.5 cm³/mol. The van der Waals surface area contributed by atoms with E-state index in [9.17, 15) is 4.39 Å². The highest BCUT2D eigenvalue weighted by atomic mass is 19.1. The molecule has 3 nitrogen and oxygen atoms in total. The Hall–Kier alpha value is -1.58. The molecule has 0 aliphatic heterocycles. The molecule has 1 aromatic carbocycles. The highest BCUT2D eigenvalue weighted by molar-refractivity contribution is 5.79. The number of aliphatic imine (C=N–C) groups is 1. The first kappa shape index (κ1) is 16.5. The highest BCUT2D eigenvalue weighted by Crippen LogP contribution is 2.05. The molecule has 4 heteroatoms. The van der Waals surface area contributed by atoms with Crippen molar-refractivity contribution in [1.82, 2.24) is 10.6 Å². The van der Waals surface area contributed by atoms with Crippen LogP contribution in [-0.2, 0) is 6.42 Å². The summed E-state index contributed by atoms with van der Waals surface area (Å²) in [6.45, 7) is 6.09. The van der Waals surface area contributed by atoms with Crippen molar-refractivity contribution in [3.63, 3.8) is 0 Å². The van der Waals surface area contributed by atoms with Crippen LogP contribution in [-0.4, -0.2) is 26.1 Å². The van der Waals surface area contributed by atoms with Gasteiger partial charge < -0.3 is 10.6 Å². The van der Waals surface area contributed by atoms with E-state index < -0.39 is 0 Å². The van der Waals surface area contributed by atoms with Crippen LogP contribution in [0.4, 0.5) is 4.39 Å². The van der Waals surface area contributed by atoms with Gasteiger partial charge in [-0.25, -0.2) is 4.39 Å². The van der Waals surface area contributed by atoms with Gasteiger partial charge in [-0.15, -0.1) is 0 Å². The van der Waals surface area contributed by atoms with E-state index in [1.54, 1.807) is 19.2 Å². The van der Waals surface area contributed by atoms with Crippen molar-refractivity contribution >= 4 is 5.96 Å². The van der Waals surface area contributed by atoms with Crippen LogP contribution in [0.25, 0.3) is 0 Å². The third kappa shape index (κ3) is 6.04. The van der Waals surface area contributed by atoms with Gasteiger partial charge in [0, 0.05) is 20.1 Å². The molecule has 0 unspecified atom stereocenters. The maximum Gasteiger partial charge on any atom is 0.190 e.